The van der Waals surface area contributed by atoms with Crippen LogP contribution in [0.2, 0.25) is 0 Å². The molecule has 5 heteroatoms. The Hall–Kier alpha value is -2.37. The molecule has 0 radical (unpaired) electrons. The summed E-state index contributed by atoms with van der Waals surface area (Å²) in [6.07, 6.45) is 16.1. The molecule has 0 N–H and O–H groups in total. The smallest absolute Gasteiger partial charge is 0.343 e. The minimum atomic E-state index is -0.387. The highest BCUT2D eigenvalue weighted by atomic mass is 16.7. The SMILES string of the molecule is CCCCCCCCCC1COC(c2ccc(C(=O)Oc3ccc(OCCCCC[C@@H](C)CC)cc3)cc2)OC1. The van der Waals surface area contributed by atoms with Crippen molar-refractivity contribution in [2.45, 2.75) is 111 Å². The van der Waals surface area contributed by atoms with Crippen LogP contribution in [-0.2, 0) is 9.47 Å². The summed E-state index contributed by atoms with van der Waals surface area (Å²) in [6.45, 7) is 8.98. The van der Waals surface area contributed by atoms with E-state index in [0.717, 1.165) is 43.3 Å². The first-order valence-corrected chi connectivity index (χ1v) is 15.9. The summed E-state index contributed by atoms with van der Waals surface area (Å²) in [5, 5.41) is 0. The van der Waals surface area contributed by atoms with Gasteiger partial charge in [0.05, 0.1) is 25.4 Å². The van der Waals surface area contributed by atoms with Gasteiger partial charge >= 0.3 is 5.97 Å². The highest BCUT2D eigenvalue weighted by Crippen LogP contribution is 2.28. The average molecular weight is 553 g/mol. The second-order valence-corrected chi connectivity index (χ2v) is 11.5. The zero-order chi connectivity index (χ0) is 28.4. The van der Waals surface area contributed by atoms with Gasteiger partial charge in [0.2, 0.25) is 0 Å². The lowest BCUT2D eigenvalue weighted by molar-refractivity contribution is -0.206. The lowest BCUT2D eigenvalue weighted by Gasteiger charge is -2.29. The molecule has 1 saturated heterocycles. The molecule has 1 heterocycles. The van der Waals surface area contributed by atoms with Crippen molar-refractivity contribution in [2.24, 2.45) is 11.8 Å². The Bertz CT molecular complexity index is 931. The van der Waals surface area contributed by atoms with Gasteiger partial charge in [-0.1, -0.05) is 104 Å². The molecule has 0 unspecified atom stereocenters. The molecule has 2 aromatic carbocycles. The van der Waals surface area contributed by atoms with E-state index < -0.39 is 0 Å². The molecule has 2 aromatic rings. The number of carbonyl (C=O) groups excluding carboxylic acids is 1. The second-order valence-electron chi connectivity index (χ2n) is 11.5. The van der Waals surface area contributed by atoms with E-state index in [4.69, 9.17) is 18.9 Å². The van der Waals surface area contributed by atoms with E-state index in [1.54, 1.807) is 24.3 Å². The van der Waals surface area contributed by atoms with Gasteiger partial charge < -0.3 is 18.9 Å². The van der Waals surface area contributed by atoms with Crippen molar-refractivity contribution >= 4 is 5.97 Å². The highest BCUT2D eigenvalue weighted by molar-refractivity contribution is 5.91. The first-order chi connectivity index (χ1) is 19.6. The van der Waals surface area contributed by atoms with Gasteiger partial charge in [-0.3, -0.25) is 0 Å². The quantitative estimate of drug-likeness (QED) is 0.0986. The maximum Gasteiger partial charge on any atom is 0.343 e. The molecule has 0 aliphatic carbocycles. The third-order valence-corrected chi connectivity index (χ3v) is 7.94. The van der Waals surface area contributed by atoms with Gasteiger partial charge in [-0.25, -0.2) is 4.79 Å². The summed E-state index contributed by atoms with van der Waals surface area (Å²) in [5.74, 6) is 2.19. The van der Waals surface area contributed by atoms with Gasteiger partial charge in [0.1, 0.15) is 11.5 Å². The zero-order valence-electron chi connectivity index (χ0n) is 25.2. The van der Waals surface area contributed by atoms with E-state index in [-0.39, 0.29) is 12.3 Å². The Morgan fingerprint density at radius 3 is 2.10 bits per heavy atom. The van der Waals surface area contributed by atoms with E-state index in [9.17, 15) is 4.79 Å². The third kappa shape index (κ3) is 12.0. The Kier molecular flexibility index (Phi) is 15.2. The largest absolute Gasteiger partial charge is 0.494 e. The zero-order valence-corrected chi connectivity index (χ0v) is 25.2. The number of ether oxygens (including phenoxy) is 4. The molecule has 0 saturated carbocycles. The lowest BCUT2D eigenvalue weighted by atomic mass is 10.0. The van der Waals surface area contributed by atoms with Crippen LogP contribution in [-0.4, -0.2) is 25.8 Å². The van der Waals surface area contributed by atoms with E-state index in [2.05, 4.69) is 20.8 Å². The van der Waals surface area contributed by atoms with Crippen molar-refractivity contribution in [3.63, 3.8) is 0 Å². The Morgan fingerprint density at radius 2 is 1.43 bits per heavy atom. The Labute approximate surface area is 242 Å². The topological polar surface area (TPSA) is 54.0 Å². The van der Waals surface area contributed by atoms with Gasteiger partial charge in [0.25, 0.3) is 0 Å². The summed E-state index contributed by atoms with van der Waals surface area (Å²) in [5.41, 5.74) is 1.42. The Morgan fingerprint density at radius 1 is 0.800 bits per heavy atom. The number of hydrogen-bond donors (Lipinski definition) is 0. The molecule has 0 spiro atoms. The molecule has 5 nitrogen and oxygen atoms in total. The molecule has 1 atom stereocenters. The van der Waals surface area contributed by atoms with Crippen molar-refractivity contribution in [2.75, 3.05) is 19.8 Å². The fraction of sp³-hybridized carbons (Fsp3) is 0.629. The standard InChI is InChI=1S/C35H52O5/c1-4-6-7-8-9-10-13-16-29-26-38-35(39-27-29)31-19-17-30(18-20-31)34(36)40-33-23-21-32(22-24-33)37-25-14-11-12-15-28(3)5-2/h17-24,28-29,35H,4-16,25-27H2,1-3H3/t28-,29?,35?/m0/s1. The molecule has 1 aliphatic heterocycles. The number of hydrogen-bond acceptors (Lipinski definition) is 5. The van der Waals surface area contributed by atoms with Gasteiger partial charge in [-0.2, -0.15) is 0 Å². The fourth-order valence-electron chi connectivity index (χ4n) is 5.00. The number of esters is 1. The predicted molar refractivity (Wildman–Crippen MR) is 162 cm³/mol. The first kappa shape index (κ1) is 32.1. The summed E-state index contributed by atoms with van der Waals surface area (Å²) in [6, 6.07) is 14.6. The van der Waals surface area contributed by atoms with E-state index >= 15 is 0 Å². The van der Waals surface area contributed by atoms with Crippen LogP contribution in [0.3, 0.4) is 0 Å². The molecular formula is C35H52O5. The molecule has 222 valence electrons. The monoisotopic (exact) mass is 552 g/mol. The first-order valence-electron chi connectivity index (χ1n) is 15.9. The summed E-state index contributed by atoms with van der Waals surface area (Å²) in [7, 11) is 0. The van der Waals surface area contributed by atoms with Crippen molar-refractivity contribution in [3.05, 3.63) is 59.7 Å². The van der Waals surface area contributed by atoms with Crippen LogP contribution >= 0.6 is 0 Å². The van der Waals surface area contributed by atoms with E-state index in [1.807, 2.05) is 24.3 Å². The maximum atomic E-state index is 12.7. The molecule has 0 amide bonds. The molecule has 1 aliphatic rings. The number of benzene rings is 2. The van der Waals surface area contributed by atoms with Crippen LogP contribution in [0.5, 0.6) is 11.5 Å². The molecule has 3 rings (SSSR count). The normalized spacial score (nSPS) is 17.9. The molecular weight excluding hydrogens is 500 g/mol. The van der Waals surface area contributed by atoms with Gasteiger partial charge in [0.15, 0.2) is 6.29 Å². The third-order valence-electron chi connectivity index (χ3n) is 7.94. The minimum Gasteiger partial charge on any atom is -0.494 e. The summed E-state index contributed by atoms with van der Waals surface area (Å²) >= 11 is 0. The van der Waals surface area contributed by atoms with Crippen LogP contribution in [0.1, 0.15) is 126 Å². The molecule has 0 aromatic heterocycles. The van der Waals surface area contributed by atoms with Gasteiger partial charge in [-0.15, -0.1) is 0 Å². The number of rotatable bonds is 19. The van der Waals surface area contributed by atoms with Crippen molar-refractivity contribution in [3.8, 4) is 11.5 Å². The molecule has 1 fully saturated rings. The molecule has 0 bridgehead atoms. The van der Waals surface area contributed by atoms with Gasteiger partial charge in [0, 0.05) is 11.5 Å². The van der Waals surface area contributed by atoms with Crippen LogP contribution in [0, 0.1) is 11.8 Å². The molecule has 40 heavy (non-hydrogen) atoms. The Balaban J connectivity index is 1.32. The summed E-state index contributed by atoms with van der Waals surface area (Å²) in [4.78, 5) is 12.7. The highest BCUT2D eigenvalue weighted by Gasteiger charge is 2.23. The van der Waals surface area contributed by atoms with Crippen molar-refractivity contribution in [1.29, 1.82) is 0 Å². The average Bonchev–Trinajstić information content (AvgIpc) is 2.99. The van der Waals surface area contributed by atoms with Gasteiger partial charge in [-0.05, 0) is 55.2 Å². The van der Waals surface area contributed by atoms with E-state index in [1.165, 1.54) is 70.6 Å². The maximum absolute atomic E-state index is 12.7. The number of carbonyl (C=O) groups is 1. The van der Waals surface area contributed by atoms with Crippen LogP contribution in [0.15, 0.2) is 48.5 Å². The van der Waals surface area contributed by atoms with Crippen molar-refractivity contribution in [1.82, 2.24) is 0 Å². The van der Waals surface area contributed by atoms with Crippen LogP contribution in [0.25, 0.3) is 0 Å². The number of unbranched alkanes of at least 4 members (excludes halogenated alkanes) is 8. The van der Waals surface area contributed by atoms with Crippen LogP contribution < -0.4 is 9.47 Å². The van der Waals surface area contributed by atoms with Crippen molar-refractivity contribution < 1.29 is 23.7 Å². The predicted octanol–water partition coefficient (Wildman–Crippen LogP) is 9.69. The van der Waals surface area contributed by atoms with Crippen LogP contribution in [0.4, 0.5) is 0 Å². The van der Waals surface area contributed by atoms with E-state index in [0.29, 0.717) is 23.8 Å². The second kappa shape index (κ2) is 18.9. The lowest BCUT2D eigenvalue weighted by Crippen LogP contribution is -2.27. The summed E-state index contributed by atoms with van der Waals surface area (Å²) < 4.78 is 23.4. The fourth-order valence-corrected chi connectivity index (χ4v) is 5.00. The minimum absolute atomic E-state index is 0.372.